The van der Waals surface area contributed by atoms with E-state index in [1.807, 2.05) is 0 Å². The summed E-state index contributed by atoms with van der Waals surface area (Å²) in [5.41, 5.74) is 1.41. The Morgan fingerprint density at radius 2 is 1.93 bits per heavy atom. The molecule has 28 heavy (non-hydrogen) atoms. The molecule has 0 unspecified atom stereocenters. The first-order valence-corrected chi connectivity index (χ1v) is 8.57. The molecular weight excluding hydrogens is 386 g/mol. The molecule has 0 radical (unpaired) electrons. The number of nitrogens with one attached hydrogen (secondary N) is 1. The van der Waals surface area contributed by atoms with Crippen LogP contribution in [0.1, 0.15) is 17.3 Å². The second kappa shape index (κ2) is 8.53. The van der Waals surface area contributed by atoms with Crippen LogP contribution in [0, 0.1) is 0 Å². The van der Waals surface area contributed by atoms with Crippen LogP contribution in [0.2, 0.25) is 5.02 Å². The Bertz CT molecular complexity index is 974. The van der Waals surface area contributed by atoms with E-state index in [1.165, 1.54) is 20.4 Å². The number of nitrogens with zero attached hydrogens (tertiary/aromatic N) is 2. The van der Waals surface area contributed by atoms with Gasteiger partial charge in [-0.05, 0) is 49.4 Å². The monoisotopic (exact) mass is 401 g/mol. The van der Waals surface area contributed by atoms with E-state index >= 15 is 0 Å². The summed E-state index contributed by atoms with van der Waals surface area (Å²) in [6.07, 6.45) is 0.206. The van der Waals surface area contributed by atoms with Gasteiger partial charge < -0.3 is 19.2 Å². The van der Waals surface area contributed by atoms with E-state index in [2.05, 4.69) is 15.5 Å². The standard InChI is InChI=1S/C19H16ClN3O5/c1-11(17(24)22-14-7-8-16(26-2)15(20)9-14)28-19(25)13-5-3-12(4-6-13)18-23-21-10-27-18/h3-11H,1-2H3,(H,22,24)/t11-/m1/s1. The van der Waals surface area contributed by atoms with Crippen molar-refractivity contribution in [3.8, 4) is 17.2 Å². The molecule has 0 fully saturated rings. The number of methoxy groups -OCH3 is 1. The Hall–Kier alpha value is -3.39. The second-order valence-corrected chi connectivity index (χ2v) is 6.11. The van der Waals surface area contributed by atoms with Crippen LogP contribution < -0.4 is 10.1 Å². The average Bonchev–Trinajstić information content (AvgIpc) is 3.23. The van der Waals surface area contributed by atoms with Crippen LogP contribution in [0.3, 0.4) is 0 Å². The van der Waals surface area contributed by atoms with Gasteiger partial charge in [0.25, 0.3) is 5.91 Å². The van der Waals surface area contributed by atoms with Crippen LogP contribution in [-0.2, 0) is 9.53 Å². The number of ether oxygens (including phenoxy) is 2. The molecule has 9 heteroatoms. The number of hydrogen-bond acceptors (Lipinski definition) is 7. The number of carbonyl (C=O) groups is 2. The second-order valence-electron chi connectivity index (χ2n) is 5.71. The predicted octanol–water partition coefficient (Wildman–Crippen LogP) is 3.58. The number of benzene rings is 2. The molecule has 2 aromatic carbocycles. The summed E-state index contributed by atoms with van der Waals surface area (Å²) >= 11 is 6.03. The van der Waals surface area contributed by atoms with Gasteiger partial charge in [-0.2, -0.15) is 0 Å². The fourth-order valence-electron chi connectivity index (χ4n) is 2.32. The third-order valence-corrected chi connectivity index (χ3v) is 4.10. The largest absolute Gasteiger partial charge is 0.495 e. The van der Waals surface area contributed by atoms with Crippen LogP contribution in [0.25, 0.3) is 11.5 Å². The SMILES string of the molecule is COc1ccc(NC(=O)[C@@H](C)OC(=O)c2ccc(-c3nnco3)cc2)cc1Cl. The molecule has 0 aliphatic rings. The van der Waals surface area contributed by atoms with Crippen molar-refractivity contribution in [3.05, 3.63) is 59.4 Å². The maximum absolute atomic E-state index is 12.3. The fraction of sp³-hybridized carbons (Fsp3) is 0.158. The van der Waals surface area contributed by atoms with Crippen LogP contribution >= 0.6 is 11.6 Å². The summed E-state index contributed by atoms with van der Waals surface area (Å²) in [6, 6.07) is 11.2. The minimum atomic E-state index is -1.01. The molecule has 0 aliphatic carbocycles. The first-order chi connectivity index (χ1) is 13.5. The fourth-order valence-corrected chi connectivity index (χ4v) is 2.58. The zero-order valence-electron chi connectivity index (χ0n) is 15.0. The van der Waals surface area contributed by atoms with Crippen molar-refractivity contribution in [2.24, 2.45) is 0 Å². The summed E-state index contributed by atoms with van der Waals surface area (Å²) < 4.78 is 15.4. The molecule has 0 aliphatic heterocycles. The molecule has 144 valence electrons. The summed E-state index contributed by atoms with van der Waals surface area (Å²) in [6.45, 7) is 1.48. The molecule has 3 rings (SSSR count). The van der Waals surface area contributed by atoms with Crippen molar-refractivity contribution in [1.82, 2.24) is 10.2 Å². The Balaban J connectivity index is 1.60. The van der Waals surface area contributed by atoms with Crippen molar-refractivity contribution in [2.45, 2.75) is 13.0 Å². The molecule has 0 spiro atoms. The first kappa shape index (κ1) is 19.4. The number of amides is 1. The molecule has 1 aromatic heterocycles. The third-order valence-electron chi connectivity index (χ3n) is 3.80. The zero-order chi connectivity index (χ0) is 20.1. The van der Waals surface area contributed by atoms with Gasteiger partial charge in [0, 0.05) is 11.3 Å². The van der Waals surface area contributed by atoms with Gasteiger partial charge in [-0.3, -0.25) is 4.79 Å². The molecule has 8 nitrogen and oxygen atoms in total. The van der Waals surface area contributed by atoms with Gasteiger partial charge in [0.15, 0.2) is 6.10 Å². The molecule has 1 atom stereocenters. The smallest absolute Gasteiger partial charge is 0.338 e. The van der Waals surface area contributed by atoms with Gasteiger partial charge in [-0.1, -0.05) is 11.6 Å². The summed E-state index contributed by atoms with van der Waals surface area (Å²) in [5.74, 6) is -0.293. The lowest BCUT2D eigenvalue weighted by molar-refractivity contribution is -0.123. The molecular formula is C19H16ClN3O5. The zero-order valence-corrected chi connectivity index (χ0v) is 15.8. The van der Waals surface area contributed by atoms with Crippen LogP contribution in [0.15, 0.2) is 53.3 Å². The number of esters is 1. The lowest BCUT2D eigenvalue weighted by Crippen LogP contribution is -2.30. The molecule has 3 aromatic rings. The lowest BCUT2D eigenvalue weighted by Gasteiger charge is -2.14. The van der Waals surface area contributed by atoms with Crippen molar-refractivity contribution >= 4 is 29.2 Å². The van der Waals surface area contributed by atoms with Gasteiger partial charge in [0.05, 0.1) is 17.7 Å². The molecule has 0 saturated heterocycles. The minimum Gasteiger partial charge on any atom is -0.495 e. The van der Waals surface area contributed by atoms with Gasteiger partial charge in [0.1, 0.15) is 5.75 Å². The topological polar surface area (TPSA) is 104 Å². The highest BCUT2D eigenvalue weighted by Crippen LogP contribution is 2.27. The lowest BCUT2D eigenvalue weighted by atomic mass is 10.1. The number of hydrogen-bond donors (Lipinski definition) is 1. The average molecular weight is 402 g/mol. The van der Waals surface area contributed by atoms with Crippen molar-refractivity contribution in [1.29, 1.82) is 0 Å². The van der Waals surface area contributed by atoms with Gasteiger partial charge in [-0.15, -0.1) is 10.2 Å². The van der Waals surface area contributed by atoms with Gasteiger partial charge >= 0.3 is 5.97 Å². The Kier molecular flexibility index (Phi) is 5.90. The van der Waals surface area contributed by atoms with Gasteiger partial charge in [-0.25, -0.2) is 4.79 Å². The third kappa shape index (κ3) is 4.47. The molecule has 1 heterocycles. The summed E-state index contributed by atoms with van der Waals surface area (Å²) in [7, 11) is 1.50. The van der Waals surface area contributed by atoms with Crippen LogP contribution in [0.4, 0.5) is 5.69 Å². The van der Waals surface area contributed by atoms with E-state index in [9.17, 15) is 9.59 Å². The van der Waals surface area contributed by atoms with E-state index < -0.39 is 18.0 Å². The molecule has 1 amide bonds. The predicted molar refractivity (Wildman–Crippen MR) is 101 cm³/mol. The van der Waals surface area contributed by atoms with E-state index in [-0.39, 0.29) is 5.56 Å². The normalized spacial score (nSPS) is 11.5. The molecule has 0 saturated carbocycles. The minimum absolute atomic E-state index is 0.287. The van der Waals surface area contributed by atoms with E-state index in [0.717, 1.165) is 0 Å². The van der Waals surface area contributed by atoms with Crippen LogP contribution in [-0.4, -0.2) is 35.3 Å². The maximum atomic E-state index is 12.3. The Morgan fingerprint density at radius 1 is 1.18 bits per heavy atom. The van der Waals surface area contributed by atoms with Crippen LogP contribution in [0.5, 0.6) is 5.75 Å². The quantitative estimate of drug-likeness (QED) is 0.629. The van der Waals surface area contributed by atoms with Crippen molar-refractivity contribution in [3.63, 3.8) is 0 Å². The Morgan fingerprint density at radius 3 is 2.54 bits per heavy atom. The number of aromatic nitrogens is 2. The number of rotatable bonds is 6. The van der Waals surface area contributed by atoms with Gasteiger partial charge in [0.2, 0.25) is 12.3 Å². The first-order valence-electron chi connectivity index (χ1n) is 8.20. The van der Waals surface area contributed by atoms with E-state index in [1.54, 1.807) is 42.5 Å². The number of carbonyl (C=O) groups excluding carboxylic acids is 2. The highest BCUT2D eigenvalue weighted by Gasteiger charge is 2.19. The summed E-state index contributed by atoms with van der Waals surface area (Å²) in [4.78, 5) is 24.5. The van der Waals surface area contributed by atoms with E-state index in [4.69, 9.17) is 25.5 Å². The van der Waals surface area contributed by atoms with Crippen molar-refractivity contribution < 1.29 is 23.5 Å². The highest BCUT2D eigenvalue weighted by atomic mass is 35.5. The number of halogens is 1. The molecule has 0 bridgehead atoms. The molecule has 1 N–H and O–H groups in total. The highest BCUT2D eigenvalue weighted by molar-refractivity contribution is 6.32. The van der Waals surface area contributed by atoms with Crippen molar-refractivity contribution in [2.75, 3.05) is 12.4 Å². The van der Waals surface area contributed by atoms with E-state index in [0.29, 0.717) is 27.9 Å². The summed E-state index contributed by atoms with van der Waals surface area (Å²) in [5, 5.41) is 10.4. The number of anilines is 1. The maximum Gasteiger partial charge on any atom is 0.338 e. The Labute approximate surface area is 165 Å².